The summed E-state index contributed by atoms with van der Waals surface area (Å²) in [7, 11) is 0. The summed E-state index contributed by atoms with van der Waals surface area (Å²) in [5.41, 5.74) is 5.92. The van der Waals surface area contributed by atoms with Crippen molar-refractivity contribution < 1.29 is 9.90 Å². The molecule has 3 heteroatoms. The van der Waals surface area contributed by atoms with Gasteiger partial charge < -0.3 is 10.8 Å². The lowest BCUT2D eigenvalue weighted by Gasteiger charge is -2.65. The third kappa shape index (κ3) is 0.991. The van der Waals surface area contributed by atoms with E-state index in [0.717, 1.165) is 12.8 Å². The van der Waals surface area contributed by atoms with Crippen LogP contribution in [0.3, 0.4) is 0 Å². The number of hydrogen-bond donors (Lipinski definition) is 2. The molecule has 80 valence electrons. The second kappa shape index (κ2) is 2.51. The first-order valence-corrected chi connectivity index (χ1v) is 5.29. The molecule has 0 saturated heterocycles. The topological polar surface area (TPSA) is 63.3 Å². The molecule has 0 unspecified atom stereocenters. The second-order valence-corrected chi connectivity index (χ2v) is 5.80. The normalized spacial score (nSPS) is 49.6. The summed E-state index contributed by atoms with van der Waals surface area (Å²) in [4.78, 5) is 11.1. The monoisotopic (exact) mass is 197 g/mol. The van der Waals surface area contributed by atoms with E-state index in [9.17, 15) is 4.79 Å². The molecule has 3 aliphatic carbocycles. The predicted molar refractivity (Wildman–Crippen MR) is 53.7 cm³/mol. The molecule has 3 aliphatic rings. The van der Waals surface area contributed by atoms with Crippen molar-refractivity contribution in [2.75, 3.05) is 0 Å². The van der Waals surface area contributed by atoms with Crippen molar-refractivity contribution in [3.8, 4) is 0 Å². The van der Waals surface area contributed by atoms with E-state index in [1.54, 1.807) is 0 Å². The first-order valence-electron chi connectivity index (χ1n) is 5.29. The Morgan fingerprint density at radius 3 is 2.29 bits per heavy atom. The summed E-state index contributed by atoms with van der Waals surface area (Å²) in [6.45, 7) is 6.34. The molecular weight excluding hydrogens is 178 g/mol. The molecule has 0 heterocycles. The van der Waals surface area contributed by atoms with E-state index in [1.807, 2.05) is 6.92 Å². The highest BCUT2D eigenvalue weighted by Crippen LogP contribution is 2.63. The molecule has 0 amide bonds. The number of aliphatic carboxylic acids is 1. The Bertz CT molecular complexity index is 283. The van der Waals surface area contributed by atoms with Crippen LogP contribution in [0.15, 0.2) is 0 Å². The molecule has 0 aromatic rings. The van der Waals surface area contributed by atoms with E-state index in [4.69, 9.17) is 10.8 Å². The van der Waals surface area contributed by atoms with Crippen LogP contribution >= 0.6 is 0 Å². The fourth-order valence-electron chi connectivity index (χ4n) is 3.62. The quantitative estimate of drug-likeness (QED) is 0.669. The zero-order valence-corrected chi connectivity index (χ0v) is 9.08. The summed E-state index contributed by atoms with van der Waals surface area (Å²) >= 11 is 0. The van der Waals surface area contributed by atoms with E-state index in [-0.39, 0.29) is 11.3 Å². The van der Waals surface area contributed by atoms with Gasteiger partial charge in [-0.3, -0.25) is 4.79 Å². The van der Waals surface area contributed by atoms with Crippen LogP contribution < -0.4 is 5.73 Å². The second-order valence-electron chi connectivity index (χ2n) is 5.80. The molecule has 14 heavy (non-hydrogen) atoms. The third-order valence-electron chi connectivity index (χ3n) is 4.79. The Morgan fingerprint density at radius 2 is 1.93 bits per heavy atom. The van der Waals surface area contributed by atoms with Crippen LogP contribution in [0.4, 0.5) is 0 Å². The van der Waals surface area contributed by atoms with Gasteiger partial charge in [0, 0.05) is 5.54 Å². The van der Waals surface area contributed by atoms with Crippen LogP contribution in [-0.4, -0.2) is 16.6 Å². The van der Waals surface area contributed by atoms with Crippen molar-refractivity contribution in [2.45, 2.75) is 39.2 Å². The van der Waals surface area contributed by atoms with Gasteiger partial charge in [0.15, 0.2) is 0 Å². The van der Waals surface area contributed by atoms with Gasteiger partial charge in [-0.25, -0.2) is 0 Å². The van der Waals surface area contributed by atoms with Gasteiger partial charge in [0.2, 0.25) is 0 Å². The molecular formula is C11H19NO2. The highest BCUT2D eigenvalue weighted by molar-refractivity contribution is 5.72. The van der Waals surface area contributed by atoms with Crippen LogP contribution in [-0.2, 0) is 4.79 Å². The molecule has 4 atom stereocenters. The van der Waals surface area contributed by atoms with E-state index in [0.29, 0.717) is 11.8 Å². The summed E-state index contributed by atoms with van der Waals surface area (Å²) in [6.07, 6.45) is 1.87. The van der Waals surface area contributed by atoms with E-state index in [1.165, 1.54) is 0 Å². The molecule has 3 saturated carbocycles. The van der Waals surface area contributed by atoms with E-state index < -0.39 is 11.5 Å². The number of carboxylic acid groups (broad SMARTS) is 1. The number of carbonyl (C=O) groups is 1. The lowest BCUT2D eigenvalue weighted by atomic mass is 9.41. The van der Waals surface area contributed by atoms with Crippen molar-refractivity contribution in [1.82, 2.24) is 0 Å². The Morgan fingerprint density at radius 1 is 1.36 bits per heavy atom. The van der Waals surface area contributed by atoms with Crippen LogP contribution in [0.1, 0.15) is 33.6 Å². The van der Waals surface area contributed by atoms with Crippen LogP contribution in [0.2, 0.25) is 0 Å². The van der Waals surface area contributed by atoms with Gasteiger partial charge in [-0.15, -0.1) is 0 Å². The Hall–Kier alpha value is -0.570. The van der Waals surface area contributed by atoms with E-state index >= 15 is 0 Å². The third-order valence-corrected chi connectivity index (χ3v) is 4.79. The van der Waals surface area contributed by atoms with E-state index in [2.05, 4.69) is 13.8 Å². The van der Waals surface area contributed by atoms with Crippen molar-refractivity contribution in [3.63, 3.8) is 0 Å². The molecule has 3 fully saturated rings. The average molecular weight is 197 g/mol. The number of hydrogen-bond acceptors (Lipinski definition) is 2. The SMILES string of the molecule is CC1(C)[C@H]2C[C@H](C(=O)O)[C@](C)(N)[C@@H]1C2. The minimum atomic E-state index is -0.722. The molecule has 3 rings (SSSR count). The zero-order valence-electron chi connectivity index (χ0n) is 9.08. The minimum absolute atomic E-state index is 0.245. The first kappa shape index (κ1) is 9.97. The lowest BCUT2D eigenvalue weighted by Crippen LogP contribution is -2.69. The van der Waals surface area contributed by atoms with Gasteiger partial charge in [0.05, 0.1) is 5.92 Å². The van der Waals surface area contributed by atoms with Crippen LogP contribution in [0.25, 0.3) is 0 Å². The summed E-state index contributed by atoms with van der Waals surface area (Å²) < 4.78 is 0. The van der Waals surface area contributed by atoms with Crippen molar-refractivity contribution >= 4 is 5.97 Å². The van der Waals surface area contributed by atoms with Crippen molar-refractivity contribution in [2.24, 2.45) is 28.9 Å². The summed E-state index contributed by atoms with van der Waals surface area (Å²) in [6, 6.07) is 0. The molecule has 2 bridgehead atoms. The molecule has 0 radical (unpaired) electrons. The first-order chi connectivity index (χ1) is 6.28. The van der Waals surface area contributed by atoms with Gasteiger partial charge in [-0.05, 0) is 37.0 Å². The Kier molecular flexibility index (Phi) is 1.79. The van der Waals surface area contributed by atoms with Gasteiger partial charge in [0.25, 0.3) is 0 Å². The maximum absolute atomic E-state index is 11.1. The Labute approximate surface area is 84.7 Å². The number of rotatable bonds is 1. The zero-order chi connectivity index (χ0) is 10.7. The van der Waals surface area contributed by atoms with Gasteiger partial charge >= 0.3 is 5.97 Å². The molecule has 0 aromatic heterocycles. The lowest BCUT2D eigenvalue weighted by molar-refractivity contribution is -0.173. The van der Waals surface area contributed by atoms with Crippen molar-refractivity contribution in [3.05, 3.63) is 0 Å². The largest absolute Gasteiger partial charge is 0.481 e. The molecule has 0 aromatic carbocycles. The number of fused-ring (bicyclic) bond motifs is 2. The maximum Gasteiger partial charge on any atom is 0.308 e. The van der Waals surface area contributed by atoms with Crippen LogP contribution in [0, 0.1) is 23.2 Å². The number of carboxylic acids is 1. The average Bonchev–Trinajstić information content (AvgIpc) is 2.00. The molecule has 3 N–H and O–H groups in total. The molecule has 0 spiro atoms. The minimum Gasteiger partial charge on any atom is -0.481 e. The van der Waals surface area contributed by atoms with Crippen LogP contribution in [0.5, 0.6) is 0 Å². The van der Waals surface area contributed by atoms with Gasteiger partial charge in [0.1, 0.15) is 0 Å². The van der Waals surface area contributed by atoms with Gasteiger partial charge in [-0.1, -0.05) is 13.8 Å². The fourth-order valence-corrected chi connectivity index (χ4v) is 3.62. The highest BCUT2D eigenvalue weighted by Gasteiger charge is 2.63. The number of nitrogens with two attached hydrogens (primary N) is 1. The maximum atomic E-state index is 11.1. The van der Waals surface area contributed by atoms with Crippen molar-refractivity contribution in [1.29, 1.82) is 0 Å². The molecule has 0 aliphatic heterocycles. The highest BCUT2D eigenvalue weighted by atomic mass is 16.4. The summed E-state index contributed by atoms with van der Waals surface area (Å²) in [5.74, 6) is -0.139. The van der Waals surface area contributed by atoms with Gasteiger partial charge in [-0.2, -0.15) is 0 Å². The predicted octanol–water partition coefficient (Wildman–Crippen LogP) is 1.47. The Balaban J connectivity index is 2.29. The smallest absolute Gasteiger partial charge is 0.308 e. The fraction of sp³-hybridized carbons (Fsp3) is 0.909. The standard InChI is InChI=1S/C11H19NO2/c1-10(2)6-4-7(9(13)14)11(3,12)8(10)5-6/h6-8H,4-5,12H2,1-3H3,(H,13,14)/t6-,7+,8+,11-/m0/s1. The summed E-state index contributed by atoms with van der Waals surface area (Å²) in [5, 5.41) is 9.10. The molecule has 3 nitrogen and oxygen atoms in total.